The summed E-state index contributed by atoms with van der Waals surface area (Å²) in [4.78, 5) is 11.8. The predicted molar refractivity (Wildman–Crippen MR) is 99.9 cm³/mol. The summed E-state index contributed by atoms with van der Waals surface area (Å²) >= 11 is 0. The molecule has 7 nitrogen and oxygen atoms in total. The molecule has 0 radical (unpaired) electrons. The van der Waals surface area contributed by atoms with Crippen LogP contribution in [0.5, 0.6) is 17.2 Å². The van der Waals surface area contributed by atoms with Crippen molar-refractivity contribution in [3.05, 3.63) is 53.6 Å². The Morgan fingerprint density at radius 1 is 1.11 bits per heavy atom. The van der Waals surface area contributed by atoms with Crippen molar-refractivity contribution >= 4 is 5.97 Å². The van der Waals surface area contributed by atoms with Crippen LogP contribution in [0.4, 0.5) is 0 Å². The molecule has 1 aliphatic heterocycles. The van der Waals surface area contributed by atoms with E-state index in [9.17, 15) is 9.90 Å². The van der Waals surface area contributed by atoms with Gasteiger partial charge in [-0.3, -0.25) is 5.43 Å². The van der Waals surface area contributed by atoms with Gasteiger partial charge in [-0.25, -0.2) is 10.2 Å². The highest BCUT2D eigenvalue weighted by Gasteiger charge is 2.37. The molecule has 2 aromatic carbocycles. The fraction of sp³-hybridized carbons (Fsp3) is 0.350. The van der Waals surface area contributed by atoms with E-state index in [2.05, 4.69) is 10.9 Å². The Morgan fingerprint density at radius 2 is 1.81 bits per heavy atom. The fourth-order valence-electron chi connectivity index (χ4n) is 3.05. The van der Waals surface area contributed by atoms with Gasteiger partial charge >= 0.3 is 5.97 Å². The first-order valence-corrected chi connectivity index (χ1v) is 8.85. The van der Waals surface area contributed by atoms with E-state index in [0.29, 0.717) is 29.2 Å². The number of methoxy groups -OCH3 is 1. The topological polar surface area (TPSA) is 89.1 Å². The van der Waals surface area contributed by atoms with Gasteiger partial charge in [0.2, 0.25) is 0 Å². The molecule has 1 fully saturated rings. The largest absolute Gasteiger partial charge is 0.507 e. The maximum atomic E-state index is 11.8. The molecule has 3 rings (SSSR count). The molecule has 27 heavy (non-hydrogen) atoms. The quantitative estimate of drug-likeness (QED) is 0.672. The molecule has 3 atom stereocenters. The monoisotopic (exact) mass is 372 g/mol. The number of carbonyl (C=O) groups excluding carboxylic acids is 1. The zero-order valence-electron chi connectivity index (χ0n) is 15.6. The van der Waals surface area contributed by atoms with Crippen LogP contribution < -0.4 is 20.3 Å². The molecule has 1 saturated heterocycles. The molecule has 7 heteroatoms. The lowest BCUT2D eigenvalue weighted by Crippen LogP contribution is -2.33. The van der Waals surface area contributed by atoms with E-state index in [1.807, 2.05) is 13.0 Å². The minimum absolute atomic E-state index is 0.00114. The van der Waals surface area contributed by atoms with E-state index < -0.39 is 0 Å². The molecule has 0 aromatic heterocycles. The molecule has 1 heterocycles. The first-order chi connectivity index (χ1) is 13.0. The van der Waals surface area contributed by atoms with Crippen molar-refractivity contribution in [2.24, 2.45) is 0 Å². The number of esters is 1. The summed E-state index contributed by atoms with van der Waals surface area (Å²) in [6, 6.07) is 11.8. The Morgan fingerprint density at radius 3 is 2.44 bits per heavy atom. The third kappa shape index (κ3) is 4.15. The normalized spacial score (nSPS) is 21.7. The standard InChI is InChI=1S/C20H24N2O5/c1-4-26-20(24)13-5-7-14(8-6-13)27-19-12(2)21-22-18(19)16-10-9-15(25-3)11-17(16)23/h5-12,18-19,21-23H,4H2,1-3H3. The van der Waals surface area contributed by atoms with Gasteiger partial charge in [0.05, 0.1) is 31.4 Å². The van der Waals surface area contributed by atoms with Crippen molar-refractivity contribution in [1.29, 1.82) is 0 Å². The van der Waals surface area contributed by atoms with Crippen LogP contribution in [-0.4, -0.2) is 36.9 Å². The summed E-state index contributed by atoms with van der Waals surface area (Å²) in [5.41, 5.74) is 7.50. The van der Waals surface area contributed by atoms with Crippen molar-refractivity contribution < 1.29 is 24.1 Å². The van der Waals surface area contributed by atoms with Gasteiger partial charge in [0, 0.05) is 11.6 Å². The van der Waals surface area contributed by atoms with Crippen molar-refractivity contribution in [3.8, 4) is 17.2 Å². The molecule has 0 bridgehead atoms. The second-order valence-corrected chi connectivity index (χ2v) is 6.31. The number of phenols is 1. The van der Waals surface area contributed by atoms with E-state index in [1.165, 1.54) is 0 Å². The first-order valence-electron chi connectivity index (χ1n) is 8.85. The van der Waals surface area contributed by atoms with Crippen LogP contribution in [0, 0.1) is 0 Å². The zero-order valence-corrected chi connectivity index (χ0v) is 15.6. The van der Waals surface area contributed by atoms with Gasteiger partial charge < -0.3 is 19.3 Å². The minimum atomic E-state index is -0.359. The van der Waals surface area contributed by atoms with Crippen LogP contribution in [0.15, 0.2) is 42.5 Å². The third-order valence-corrected chi connectivity index (χ3v) is 4.50. The smallest absolute Gasteiger partial charge is 0.338 e. The molecule has 3 N–H and O–H groups in total. The molecule has 144 valence electrons. The van der Waals surface area contributed by atoms with Crippen LogP contribution >= 0.6 is 0 Å². The maximum Gasteiger partial charge on any atom is 0.338 e. The molecule has 0 saturated carbocycles. The highest BCUT2D eigenvalue weighted by atomic mass is 16.5. The molecule has 0 amide bonds. The summed E-state index contributed by atoms with van der Waals surface area (Å²) in [7, 11) is 1.55. The van der Waals surface area contributed by atoms with Crippen LogP contribution in [0.3, 0.4) is 0 Å². The lowest BCUT2D eigenvalue weighted by molar-refractivity contribution is 0.0526. The second-order valence-electron chi connectivity index (χ2n) is 6.31. The second kappa shape index (κ2) is 8.28. The van der Waals surface area contributed by atoms with Crippen LogP contribution in [-0.2, 0) is 4.74 Å². The number of nitrogens with one attached hydrogen (secondary N) is 2. The Bertz CT molecular complexity index is 793. The van der Waals surface area contributed by atoms with Crippen molar-refractivity contribution in [2.75, 3.05) is 13.7 Å². The lowest BCUT2D eigenvalue weighted by atomic mass is 9.98. The molecule has 0 spiro atoms. The zero-order chi connectivity index (χ0) is 19.4. The number of hydrazine groups is 1. The van der Waals surface area contributed by atoms with E-state index in [0.717, 1.165) is 0 Å². The van der Waals surface area contributed by atoms with Crippen LogP contribution in [0.1, 0.15) is 35.8 Å². The molecular formula is C20H24N2O5. The van der Waals surface area contributed by atoms with Crippen molar-refractivity contribution in [2.45, 2.75) is 32.0 Å². The average molecular weight is 372 g/mol. The summed E-state index contributed by atoms with van der Waals surface area (Å²) < 4.78 is 16.3. The maximum absolute atomic E-state index is 11.8. The van der Waals surface area contributed by atoms with Gasteiger partial charge in [0.1, 0.15) is 23.4 Å². The molecule has 3 unspecified atom stereocenters. The summed E-state index contributed by atoms with van der Waals surface area (Å²) in [5, 5.41) is 10.3. The molecular weight excluding hydrogens is 348 g/mol. The van der Waals surface area contributed by atoms with E-state index in [4.69, 9.17) is 14.2 Å². The number of ether oxygens (including phenoxy) is 3. The van der Waals surface area contributed by atoms with Gasteiger partial charge in [-0.2, -0.15) is 0 Å². The van der Waals surface area contributed by atoms with Crippen molar-refractivity contribution in [3.63, 3.8) is 0 Å². The average Bonchev–Trinajstić information content (AvgIpc) is 3.02. The van der Waals surface area contributed by atoms with Crippen molar-refractivity contribution in [1.82, 2.24) is 10.9 Å². The number of hydrogen-bond donors (Lipinski definition) is 3. The SMILES string of the molecule is CCOC(=O)c1ccc(OC2C(C)NNC2c2ccc(OC)cc2O)cc1. The summed E-state index contributed by atoms with van der Waals surface area (Å²) in [6.07, 6.45) is -0.266. The Kier molecular flexibility index (Phi) is 5.83. The Labute approximate surface area is 158 Å². The molecule has 0 aliphatic carbocycles. The van der Waals surface area contributed by atoms with Gasteiger partial charge in [0.15, 0.2) is 0 Å². The molecule has 1 aliphatic rings. The Hall–Kier alpha value is -2.77. The van der Waals surface area contributed by atoms with E-state index >= 15 is 0 Å². The summed E-state index contributed by atoms with van der Waals surface area (Å²) in [5.74, 6) is 0.988. The number of benzene rings is 2. The van der Waals surface area contributed by atoms with Gasteiger partial charge in [-0.15, -0.1) is 0 Å². The number of phenolic OH excluding ortho intramolecular Hbond substituents is 1. The predicted octanol–water partition coefficient (Wildman–Crippen LogP) is 2.56. The Balaban J connectivity index is 1.77. The fourth-order valence-corrected chi connectivity index (χ4v) is 3.05. The van der Waals surface area contributed by atoms with E-state index in [1.54, 1.807) is 50.4 Å². The van der Waals surface area contributed by atoms with Gasteiger partial charge in [0.25, 0.3) is 0 Å². The third-order valence-electron chi connectivity index (χ3n) is 4.50. The number of carbonyl (C=O) groups is 1. The van der Waals surface area contributed by atoms with Crippen LogP contribution in [0.2, 0.25) is 0 Å². The number of aromatic hydroxyl groups is 1. The first kappa shape index (κ1) is 19.0. The van der Waals surface area contributed by atoms with Gasteiger partial charge in [-0.05, 0) is 50.2 Å². The lowest BCUT2D eigenvalue weighted by Gasteiger charge is -2.23. The molecule has 2 aromatic rings. The highest BCUT2D eigenvalue weighted by molar-refractivity contribution is 5.89. The number of rotatable bonds is 6. The van der Waals surface area contributed by atoms with Gasteiger partial charge in [-0.1, -0.05) is 0 Å². The number of hydrogen-bond acceptors (Lipinski definition) is 7. The summed E-state index contributed by atoms with van der Waals surface area (Å²) in [6.45, 7) is 4.10. The van der Waals surface area contributed by atoms with Crippen LogP contribution in [0.25, 0.3) is 0 Å². The van der Waals surface area contributed by atoms with E-state index in [-0.39, 0.29) is 29.9 Å². The minimum Gasteiger partial charge on any atom is -0.507 e. The highest BCUT2D eigenvalue weighted by Crippen LogP contribution is 2.34.